The SMILES string of the molecule is CC(C)CN1CCN(CC(=O)O)CCN(CC(=O)O)CCN(CC(=O)O)CC1. The zero-order valence-corrected chi connectivity index (χ0v) is 16.9. The van der Waals surface area contributed by atoms with Crippen molar-refractivity contribution in [2.45, 2.75) is 13.8 Å². The van der Waals surface area contributed by atoms with E-state index in [1.54, 1.807) is 4.90 Å². The first kappa shape index (κ1) is 24.3. The minimum atomic E-state index is -0.954. The molecule has 0 amide bonds. The van der Waals surface area contributed by atoms with Gasteiger partial charge in [0.25, 0.3) is 0 Å². The van der Waals surface area contributed by atoms with Gasteiger partial charge in [0.2, 0.25) is 0 Å². The van der Waals surface area contributed by atoms with Gasteiger partial charge >= 0.3 is 17.9 Å². The molecule has 0 unspecified atom stereocenters. The van der Waals surface area contributed by atoms with Crippen LogP contribution in [0.1, 0.15) is 13.8 Å². The molecule has 1 rings (SSSR count). The fourth-order valence-electron chi connectivity index (χ4n) is 3.33. The zero-order valence-electron chi connectivity index (χ0n) is 16.9. The summed E-state index contributed by atoms with van der Waals surface area (Å²) in [5.41, 5.74) is 0. The molecule has 1 saturated heterocycles. The van der Waals surface area contributed by atoms with Gasteiger partial charge in [-0.1, -0.05) is 13.8 Å². The molecule has 0 bridgehead atoms. The molecule has 0 aromatic rings. The third-order valence-electron chi connectivity index (χ3n) is 4.63. The monoisotopic (exact) mass is 402 g/mol. The van der Waals surface area contributed by atoms with Crippen molar-refractivity contribution in [3.05, 3.63) is 0 Å². The molecule has 1 aliphatic rings. The van der Waals surface area contributed by atoms with Crippen molar-refractivity contribution >= 4 is 17.9 Å². The van der Waals surface area contributed by atoms with Gasteiger partial charge in [0, 0.05) is 58.9 Å². The molecular weight excluding hydrogens is 368 g/mol. The summed E-state index contributed by atoms with van der Waals surface area (Å²) in [6.45, 7) is 9.02. The van der Waals surface area contributed by atoms with E-state index in [0.717, 1.165) is 6.54 Å². The van der Waals surface area contributed by atoms with Crippen LogP contribution in [0, 0.1) is 5.92 Å². The van der Waals surface area contributed by atoms with Crippen LogP contribution in [0.4, 0.5) is 0 Å². The maximum Gasteiger partial charge on any atom is 0.317 e. The first-order valence-electron chi connectivity index (χ1n) is 9.70. The summed E-state index contributed by atoms with van der Waals surface area (Å²) in [7, 11) is 0. The second kappa shape index (κ2) is 12.7. The molecule has 1 heterocycles. The van der Waals surface area contributed by atoms with Gasteiger partial charge in [0.1, 0.15) is 0 Å². The number of carbonyl (C=O) groups is 3. The lowest BCUT2D eigenvalue weighted by Gasteiger charge is -2.33. The Hall–Kier alpha value is -1.75. The van der Waals surface area contributed by atoms with Crippen molar-refractivity contribution in [2.24, 2.45) is 5.92 Å². The highest BCUT2D eigenvalue weighted by atomic mass is 16.4. The lowest BCUT2D eigenvalue weighted by Crippen LogP contribution is -2.48. The van der Waals surface area contributed by atoms with Crippen molar-refractivity contribution in [1.29, 1.82) is 0 Å². The molecule has 162 valence electrons. The Kier molecular flexibility index (Phi) is 11.0. The maximum atomic E-state index is 11.2. The van der Waals surface area contributed by atoms with Crippen LogP contribution in [0.2, 0.25) is 0 Å². The van der Waals surface area contributed by atoms with Gasteiger partial charge in [-0.3, -0.25) is 29.1 Å². The quantitative estimate of drug-likeness (QED) is 0.471. The fraction of sp³-hybridized carbons (Fsp3) is 0.833. The van der Waals surface area contributed by atoms with E-state index < -0.39 is 17.9 Å². The predicted molar refractivity (Wildman–Crippen MR) is 104 cm³/mol. The number of carboxylic acid groups (broad SMARTS) is 3. The second-order valence-corrected chi connectivity index (χ2v) is 7.70. The van der Waals surface area contributed by atoms with E-state index in [1.165, 1.54) is 0 Å². The van der Waals surface area contributed by atoms with E-state index >= 15 is 0 Å². The predicted octanol–water partition coefficient (Wildman–Crippen LogP) is -0.882. The third-order valence-corrected chi connectivity index (χ3v) is 4.63. The van der Waals surface area contributed by atoms with Crippen LogP contribution < -0.4 is 0 Å². The highest BCUT2D eigenvalue weighted by molar-refractivity contribution is 5.69. The number of hydrogen-bond donors (Lipinski definition) is 3. The van der Waals surface area contributed by atoms with Gasteiger partial charge in [0.15, 0.2) is 0 Å². The van der Waals surface area contributed by atoms with Crippen LogP contribution in [0.25, 0.3) is 0 Å². The van der Waals surface area contributed by atoms with E-state index in [0.29, 0.717) is 58.3 Å². The summed E-state index contributed by atoms with van der Waals surface area (Å²) in [6, 6.07) is 0. The summed E-state index contributed by atoms with van der Waals surface area (Å²) < 4.78 is 0. The molecular formula is C18H34N4O6. The molecule has 28 heavy (non-hydrogen) atoms. The molecule has 0 aliphatic carbocycles. The smallest absolute Gasteiger partial charge is 0.317 e. The van der Waals surface area contributed by atoms with E-state index in [4.69, 9.17) is 5.11 Å². The summed E-state index contributed by atoms with van der Waals surface area (Å²) in [6.07, 6.45) is 0. The Bertz CT molecular complexity index is 484. The van der Waals surface area contributed by atoms with Crippen molar-refractivity contribution in [1.82, 2.24) is 19.6 Å². The average Bonchev–Trinajstić information content (AvgIpc) is 2.55. The number of nitrogens with zero attached hydrogens (tertiary/aromatic N) is 4. The molecule has 10 heteroatoms. The van der Waals surface area contributed by atoms with Gasteiger partial charge in [0.05, 0.1) is 19.6 Å². The Balaban J connectivity index is 2.89. The van der Waals surface area contributed by atoms with Crippen LogP contribution >= 0.6 is 0 Å². The van der Waals surface area contributed by atoms with Crippen LogP contribution in [0.15, 0.2) is 0 Å². The fourth-order valence-corrected chi connectivity index (χ4v) is 3.33. The van der Waals surface area contributed by atoms with E-state index in [2.05, 4.69) is 18.7 Å². The van der Waals surface area contributed by atoms with Crippen LogP contribution in [0.3, 0.4) is 0 Å². The lowest BCUT2D eigenvalue weighted by atomic mass is 10.2. The van der Waals surface area contributed by atoms with Crippen LogP contribution in [-0.4, -0.2) is 131 Å². The number of aliphatic carboxylic acids is 3. The molecule has 0 spiro atoms. The normalized spacial score (nSPS) is 19.8. The van der Waals surface area contributed by atoms with E-state index in [1.807, 2.05) is 9.80 Å². The topological polar surface area (TPSA) is 125 Å². The molecule has 1 aliphatic heterocycles. The largest absolute Gasteiger partial charge is 0.480 e. The van der Waals surface area contributed by atoms with Crippen LogP contribution in [-0.2, 0) is 14.4 Å². The van der Waals surface area contributed by atoms with Crippen molar-refractivity contribution in [3.8, 4) is 0 Å². The number of rotatable bonds is 8. The first-order chi connectivity index (χ1) is 13.2. The van der Waals surface area contributed by atoms with Crippen molar-refractivity contribution < 1.29 is 29.7 Å². The molecule has 10 nitrogen and oxygen atoms in total. The number of carboxylic acids is 3. The van der Waals surface area contributed by atoms with Crippen molar-refractivity contribution in [3.63, 3.8) is 0 Å². The standard InChI is InChI=1S/C18H34N4O6/c1-15(2)11-19-3-5-20(12-16(23)24)7-9-22(14-18(27)28)10-8-21(6-4-19)13-17(25)26/h15H,3-14H2,1-2H3,(H,23,24)(H,25,26)(H,27,28). The minimum absolute atomic E-state index is 0.0818. The van der Waals surface area contributed by atoms with Gasteiger partial charge in [-0.05, 0) is 5.92 Å². The summed E-state index contributed by atoms with van der Waals surface area (Å²) in [5, 5.41) is 27.5. The highest BCUT2D eigenvalue weighted by Crippen LogP contribution is 2.04. The highest BCUT2D eigenvalue weighted by Gasteiger charge is 2.20. The summed E-state index contributed by atoms with van der Waals surface area (Å²) >= 11 is 0. The Labute approximate surface area is 166 Å². The van der Waals surface area contributed by atoms with Gasteiger partial charge in [-0.25, -0.2) is 0 Å². The molecule has 0 aromatic carbocycles. The molecule has 0 aromatic heterocycles. The molecule has 0 saturated carbocycles. The van der Waals surface area contributed by atoms with Gasteiger partial charge in [-0.2, -0.15) is 0 Å². The Morgan fingerprint density at radius 1 is 0.607 bits per heavy atom. The molecule has 0 radical (unpaired) electrons. The summed E-state index contributed by atoms with van der Waals surface area (Å²) in [5.74, 6) is -2.32. The Morgan fingerprint density at radius 2 is 0.857 bits per heavy atom. The van der Waals surface area contributed by atoms with Crippen molar-refractivity contribution in [2.75, 3.05) is 78.5 Å². The maximum absolute atomic E-state index is 11.2. The first-order valence-corrected chi connectivity index (χ1v) is 9.70. The van der Waals surface area contributed by atoms with E-state index in [-0.39, 0.29) is 19.6 Å². The Morgan fingerprint density at radius 3 is 1.07 bits per heavy atom. The summed E-state index contributed by atoms with van der Waals surface area (Å²) in [4.78, 5) is 41.2. The van der Waals surface area contributed by atoms with Gasteiger partial charge in [-0.15, -0.1) is 0 Å². The third kappa shape index (κ3) is 11.2. The zero-order chi connectivity index (χ0) is 21.1. The number of hydrogen-bond acceptors (Lipinski definition) is 7. The molecule has 3 N–H and O–H groups in total. The van der Waals surface area contributed by atoms with Gasteiger partial charge < -0.3 is 20.2 Å². The van der Waals surface area contributed by atoms with Crippen LogP contribution in [0.5, 0.6) is 0 Å². The second-order valence-electron chi connectivity index (χ2n) is 7.70. The minimum Gasteiger partial charge on any atom is -0.480 e. The average molecular weight is 402 g/mol. The lowest BCUT2D eigenvalue weighted by molar-refractivity contribution is -0.140. The molecule has 0 atom stereocenters. The van der Waals surface area contributed by atoms with E-state index in [9.17, 15) is 24.6 Å². The molecule has 1 fully saturated rings.